The van der Waals surface area contributed by atoms with Gasteiger partial charge in [0.2, 0.25) is 0 Å². The summed E-state index contributed by atoms with van der Waals surface area (Å²) in [6.07, 6.45) is 3.94. The molecule has 0 N–H and O–H groups in total. The van der Waals surface area contributed by atoms with Crippen molar-refractivity contribution in [1.82, 2.24) is 5.16 Å². The van der Waals surface area contributed by atoms with E-state index in [9.17, 15) is 0 Å². The van der Waals surface area contributed by atoms with E-state index in [4.69, 9.17) is 33.1 Å². The maximum Gasteiger partial charge on any atom is 0.132 e. The lowest BCUT2D eigenvalue weighted by molar-refractivity contribution is 0.337. The molecule has 1 saturated carbocycles. The van der Waals surface area contributed by atoms with Crippen LogP contribution in [0.1, 0.15) is 48.1 Å². The van der Waals surface area contributed by atoms with Crippen LogP contribution in [-0.4, -0.2) is 16.6 Å². The fourth-order valence-corrected chi connectivity index (χ4v) is 2.85. The normalized spacial score (nSPS) is 14.2. The van der Waals surface area contributed by atoms with Crippen LogP contribution in [0, 0.1) is 6.92 Å². The predicted octanol–water partition coefficient (Wildman–Crippen LogP) is 4.68. The van der Waals surface area contributed by atoms with Crippen LogP contribution in [0.25, 0.3) is 0 Å². The lowest BCUT2D eigenvalue weighted by Crippen LogP contribution is -2.07. The molecule has 1 aromatic carbocycles. The molecule has 3 rings (SSSR count). The molecule has 1 aliphatic carbocycles. The number of halogens is 1. The van der Waals surface area contributed by atoms with Crippen LogP contribution in [0.2, 0.25) is 5.02 Å². The summed E-state index contributed by atoms with van der Waals surface area (Å²) in [7, 11) is 0. The summed E-state index contributed by atoms with van der Waals surface area (Å²) in [5, 5.41) is 4.79. The fraction of sp³-hybridized carbons (Fsp3) is 0.375. The molecule has 1 fully saturated rings. The van der Waals surface area contributed by atoms with E-state index in [0.29, 0.717) is 22.4 Å². The Bertz CT molecular complexity index is 692. The van der Waals surface area contributed by atoms with Crippen molar-refractivity contribution in [3.63, 3.8) is 0 Å². The zero-order valence-corrected chi connectivity index (χ0v) is 13.6. The molecule has 0 spiro atoms. The van der Waals surface area contributed by atoms with Gasteiger partial charge in [-0.15, -0.1) is 0 Å². The van der Waals surface area contributed by atoms with Gasteiger partial charge in [-0.25, -0.2) is 0 Å². The molecule has 0 saturated heterocycles. The standard InChI is InChI=1S/C16H16ClNO2S/c1-3-19-15-9(2)13(17)7-6-11(15)16(21)12-8-20-18-14(12)10-4-5-10/h6-8,10H,3-5H2,1-2H3. The molecular weight excluding hydrogens is 306 g/mol. The average molecular weight is 322 g/mol. The number of benzene rings is 1. The van der Waals surface area contributed by atoms with Crippen molar-refractivity contribution in [3.05, 3.63) is 45.8 Å². The highest BCUT2D eigenvalue weighted by Crippen LogP contribution is 2.42. The van der Waals surface area contributed by atoms with E-state index in [1.54, 1.807) is 6.26 Å². The first kappa shape index (κ1) is 14.5. The third kappa shape index (κ3) is 2.70. The highest BCUT2D eigenvalue weighted by molar-refractivity contribution is 7.81. The Labute approximate surface area is 134 Å². The Hall–Kier alpha value is -1.39. The zero-order valence-electron chi connectivity index (χ0n) is 12.0. The zero-order chi connectivity index (χ0) is 15.0. The Morgan fingerprint density at radius 1 is 1.43 bits per heavy atom. The van der Waals surface area contributed by atoms with Gasteiger partial charge in [0.25, 0.3) is 0 Å². The largest absolute Gasteiger partial charge is 0.493 e. The maximum absolute atomic E-state index is 6.19. The number of ether oxygens (including phenoxy) is 1. The summed E-state index contributed by atoms with van der Waals surface area (Å²) in [5.41, 5.74) is 3.65. The molecule has 0 amide bonds. The Balaban J connectivity index is 2.05. The van der Waals surface area contributed by atoms with Crippen molar-refractivity contribution >= 4 is 28.7 Å². The predicted molar refractivity (Wildman–Crippen MR) is 86.6 cm³/mol. The lowest BCUT2D eigenvalue weighted by Gasteiger charge is -2.14. The van der Waals surface area contributed by atoms with Crippen molar-refractivity contribution in [1.29, 1.82) is 0 Å². The van der Waals surface area contributed by atoms with Gasteiger partial charge in [0.15, 0.2) is 0 Å². The maximum atomic E-state index is 6.19. The second kappa shape index (κ2) is 5.78. The Kier molecular flexibility index (Phi) is 4.00. The third-order valence-corrected chi connectivity index (χ3v) is 4.53. The van der Waals surface area contributed by atoms with Crippen molar-refractivity contribution in [2.45, 2.75) is 32.6 Å². The summed E-state index contributed by atoms with van der Waals surface area (Å²) in [5.74, 6) is 1.23. The van der Waals surface area contributed by atoms with Gasteiger partial charge in [0.05, 0.1) is 22.7 Å². The third-order valence-electron chi connectivity index (χ3n) is 3.68. The summed E-state index contributed by atoms with van der Waals surface area (Å²) in [4.78, 5) is 0.710. The monoisotopic (exact) mass is 321 g/mol. The topological polar surface area (TPSA) is 35.3 Å². The summed E-state index contributed by atoms with van der Waals surface area (Å²) in [6, 6.07) is 3.76. The van der Waals surface area contributed by atoms with Crippen LogP contribution in [-0.2, 0) is 0 Å². The van der Waals surface area contributed by atoms with Crippen LogP contribution in [0.3, 0.4) is 0 Å². The second-order valence-corrected chi connectivity index (χ2v) is 6.01. The second-order valence-electron chi connectivity index (χ2n) is 5.20. The molecule has 0 aliphatic heterocycles. The van der Waals surface area contributed by atoms with E-state index in [0.717, 1.165) is 41.0 Å². The van der Waals surface area contributed by atoms with Crippen molar-refractivity contribution in [2.75, 3.05) is 6.61 Å². The number of hydrogen-bond donors (Lipinski definition) is 0. The first-order chi connectivity index (χ1) is 10.1. The first-order valence-electron chi connectivity index (χ1n) is 7.04. The number of nitrogens with zero attached hydrogens (tertiary/aromatic N) is 1. The van der Waals surface area contributed by atoms with E-state index < -0.39 is 0 Å². The van der Waals surface area contributed by atoms with Gasteiger partial charge in [-0.05, 0) is 38.8 Å². The fourth-order valence-electron chi connectivity index (χ4n) is 2.39. The summed E-state index contributed by atoms with van der Waals surface area (Å²) < 4.78 is 10.9. The van der Waals surface area contributed by atoms with Gasteiger partial charge in [0.1, 0.15) is 12.0 Å². The highest BCUT2D eigenvalue weighted by Gasteiger charge is 2.31. The van der Waals surface area contributed by atoms with Gasteiger partial charge in [-0.3, -0.25) is 0 Å². The molecule has 110 valence electrons. The Morgan fingerprint density at radius 2 is 2.19 bits per heavy atom. The smallest absolute Gasteiger partial charge is 0.132 e. The van der Waals surface area contributed by atoms with Crippen molar-refractivity contribution in [3.8, 4) is 5.75 Å². The number of hydrogen-bond acceptors (Lipinski definition) is 4. The van der Waals surface area contributed by atoms with E-state index in [2.05, 4.69) is 5.16 Å². The molecule has 0 radical (unpaired) electrons. The molecule has 2 aromatic rings. The lowest BCUT2D eigenvalue weighted by atomic mass is 10.0. The number of thiocarbonyl (C=S) groups is 1. The number of aromatic nitrogens is 1. The van der Waals surface area contributed by atoms with Gasteiger partial charge in [-0.2, -0.15) is 0 Å². The van der Waals surface area contributed by atoms with Gasteiger partial charge < -0.3 is 9.26 Å². The minimum atomic E-state index is 0.487. The molecule has 1 heterocycles. The molecule has 0 bridgehead atoms. The molecule has 5 heteroatoms. The quantitative estimate of drug-likeness (QED) is 0.591. The molecule has 3 nitrogen and oxygen atoms in total. The summed E-state index contributed by atoms with van der Waals surface area (Å²) in [6.45, 7) is 4.45. The molecule has 1 aromatic heterocycles. The van der Waals surface area contributed by atoms with Crippen LogP contribution >= 0.6 is 23.8 Å². The van der Waals surface area contributed by atoms with E-state index >= 15 is 0 Å². The van der Waals surface area contributed by atoms with E-state index in [-0.39, 0.29) is 0 Å². The Morgan fingerprint density at radius 3 is 2.86 bits per heavy atom. The van der Waals surface area contributed by atoms with Gasteiger partial charge >= 0.3 is 0 Å². The van der Waals surface area contributed by atoms with Crippen LogP contribution < -0.4 is 4.74 Å². The molecular formula is C16H16ClNO2S. The van der Waals surface area contributed by atoms with Crippen molar-refractivity contribution in [2.24, 2.45) is 0 Å². The van der Waals surface area contributed by atoms with Gasteiger partial charge in [-0.1, -0.05) is 29.0 Å². The molecule has 0 unspecified atom stereocenters. The summed E-state index contributed by atoms with van der Waals surface area (Å²) >= 11 is 11.8. The van der Waals surface area contributed by atoms with Crippen LogP contribution in [0.15, 0.2) is 22.9 Å². The molecule has 0 atom stereocenters. The average Bonchev–Trinajstić information content (AvgIpc) is 3.21. The minimum absolute atomic E-state index is 0.487. The van der Waals surface area contributed by atoms with Crippen LogP contribution in [0.4, 0.5) is 0 Å². The van der Waals surface area contributed by atoms with E-state index in [1.807, 2.05) is 26.0 Å². The minimum Gasteiger partial charge on any atom is -0.493 e. The molecule has 21 heavy (non-hydrogen) atoms. The SMILES string of the molecule is CCOc1c(C(=S)c2conc2C2CC2)ccc(Cl)c1C. The first-order valence-corrected chi connectivity index (χ1v) is 7.83. The number of rotatable bonds is 5. The van der Waals surface area contributed by atoms with Gasteiger partial charge in [0, 0.05) is 22.1 Å². The van der Waals surface area contributed by atoms with Crippen molar-refractivity contribution < 1.29 is 9.26 Å². The molecule has 1 aliphatic rings. The van der Waals surface area contributed by atoms with Crippen LogP contribution in [0.5, 0.6) is 5.75 Å². The van der Waals surface area contributed by atoms with E-state index in [1.165, 1.54) is 0 Å². The highest BCUT2D eigenvalue weighted by atomic mass is 35.5.